The molecule has 0 aromatic heterocycles. The highest BCUT2D eigenvalue weighted by Crippen LogP contribution is 2.38. The Balaban J connectivity index is 2.61. The monoisotopic (exact) mass is 287 g/mol. The Bertz CT molecular complexity index is 668. The highest BCUT2D eigenvalue weighted by molar-refractivity contribution is 5.87. The third kappa shape index (κ3) is 2.76. The number of aldehydes is 1. The van der Waals surface area contributed by atoms with E-state index in [-0.39, 0.29) is 0 Å². The maximum absolute atomic E-state index is 11.2. The second kappa shape index (κ2) is 6.17. The molecule has 0 bridgehead atoms. The zero-order valence-corrected chi connectivity index (χ0v) is 12.2. The number of hydrogen-bond donors (Lipinski definition) is 1. The number of nitrogen functional groups attached to an aromatic ring is 1. The van der Waals surface area contributed by atoms with Crippen LogP contribution in [0.15, 0.2) is 30.3 Å². The van der Waals surface area contributed by atoms with Gasteiger partial charge in [-0.05, 0) is 29.8 Å². The summed E-state index contributed by atoms with van der Waals surface area (Å²) < 4.78 is 15.6. The minimum absolute atomic E-state index is 0.405. The average molecular weight is 287 g/mol. The van der Waals surface area contributed by atoms with Crippen LogP contribution in [-0.2, 0) is 0 Å². The summed E-state index contributed by atoms with van der Waals surface area (Å²) in [5.41, 5.74) is 8.57. The third-order valence-electron chi connectivity index (χ3n) is 3.20. The van der Waals surface area contributed by atoms with Crippen molar-refractivity contribution in [2.24, 2.45) is 0 Å². The fourth-order valence-corrected chi connectivity index (χ4v) is 2.17. The lowest BCUT2D eigenvalue weighted by molar-refractivity contribution is 0.112. The van der Waals surface area contributed by atoms with Crippen molar-refractivity contribution in [3.63, 3.8) is 0 Å². The number of ether oxygens (including phenoxy) is 3. The Kier molecular flexibility index (Phi) is 4.33. The van der Waals surface area contributed by atoms with Crippen molar-refractivity contribution in [2.45, 2.75) is 0 Å². The predicted octanol–water partition coefficient (Wildman–Crippen LogP) is 2.77. The second-order valence-corrected chi connectivity index (χ2v) is 4.37. The summed E-state index contributed by atoms with van der Waals surface area (Å²) in [6, 6.07) is 8.87. The smallest absolute Gasteiger partial charge is 0.171 e. The van der Waals surface area contributed by atoms with Crippen LogP contribution in [-0.4, -0.2) is 27.6 Å². The number of benzene rings is 2. The molecule has 0 saturated heterocycles. The van der Waals surface area contributed by atoms with E-state index >= 15 is 0 Å². The highest BCUT2D eigenvalue weighted by atomic mass is 16.5. The molecule has 5 nitrogen and oxygen atoms in total. The summed E-state index contributed by atoms with van der Waals surface area (Å²) in [7, 11) is 4.59. The maximum atomic E-state index is 11.2. The van der Waals surface area contributed by atoms with Gasteiger partial charge in [0.15, 0.2) is 17.8 Å². The van der Waals surface area contributed by atoms with E-state index in [2.05, 4.69) is 0 Å². The van der Waals surface area contributed by atoms with Crippen LogP contribution in [0, 0.1) is 0 Å². The summed E-state index contributed by atoms with van der Waals surface area (Å²) in [4.78, 5) is 11.2. The summed E-state index contributed by atoms with van der Waals surface area (Å²) in [5.74, 6) is 1.56. The van der Waals surface area contributed by atoms with E-state index in [0.717, 1.165) is 17.4 Å². The van der Waals surface area contributed by atoms with Crippen LogP contribution >= 0.6 is 0 Å². The number of carbonyl (C=O) groups excluding carboxylic acids is 1. The number of carbonyl (C=O) groups is 1. The van der Waals surface area contributed by atoms with Crippen LogP contribution in [0.3, 0.4) is 0 Å². The largest absolute Gasteiger partial charge is 0.497 e. The molecule has 2 aromatic rings. The third-order valence-corrected chi connectivity index (χ3v) is 3.20. The summed E-state index contributed by atoms with van der Waals surface area (Å²) in [6.07, 6.45) is 0.727. The van der Waals surface area contributed by atoms with Gasteiger partial charge in [0.2, 0.25) is 0 Å². The first-order chi connectivity index (χ1) is 10.1. The molecule has 2 N–H and O–H groups in total. The first-order valence-corrected chi connectivity index (χ1v) is 6.29. The first-order valence-electron chi connectivity index (χ1n) is 6.29. The number of methoxy groups -OCH3 is 3. The van der Waals surface area contributed by atoms with E-state index in [9.17, 15) is 4.79 Å². The Morgan fingerprint density at radius 2 is 1.76 bits per heavy atom. The highest BCUT2D eigenvalue weighted by Gasteiger charge is 2.14. The maximum Gasteiger partial charge on any atom is 0.171 e. The molecule has 0 aliphatic heterocycles. The molecule has 0 radical (unpaired) electrons. The quantitative estimate of drug-likeness (QED) is 0.676. The van der Waals surface area contributed by atoms with Crippen LogP contribution in [0.4, 0.5) is 5.69 Å². The molecule has 0 amide bonds. The van der Waals surface area contributed by atoms with Gasteiger partial charge in [0.25, 0.3) is 0 Å². The molecule has 0 unspecified atom stereocenters. The van der Waals surface area contributed by atoms with E-state index < -0.39 is 0 Å². The number of anilines is 1. The van der Waals surface area contributed by atoms with Gasteiger partial charge >= 0.3 is 0 Å². The van der Waals surface area contributed by atoms with Gasteiger partial charge in [-0.1, -0.05) is 0 Å². The first kappa shape index (κ1) is 14.7. The number of nitrogens with two attached hydrogens (primary N) is 1. The Hall–Kier alpha value is -2.69. The van der Waals surface area contributed by atoms with Crippen molar-refractivity contribution < 1.29 is 19.0 Å². The topological polar surface area (TPSA) is 70.8 Å². The molecule has 0 heterocycles. The molecular formula is C16H17NO4. The van der Waals surface area contributed by atoms with Crippen LogP contribution in [0.2, 0.25) is 0 Å². The molecule has 0 atom stereocenters. The summed E-state index contributed by atoms with van der Waals surface area (Å²) in [5, 5.41) is 0. The number of rotatable bonds is 5. The molecule has 0 fully saturated rings. The van der Waals surface area contributed by atoms with Gasteiger partial charge in [0.1, 0.15) is 5.75 Å². The number of hydrogen-bond acceptors (Lipinski definition) is 5. The fraction of sp³-hybridized carbons (Fsp3) is 0.188. The zero-order valence-electron chi connectivity index (χ0n) is 12.2. The fourth-order valence-electron chi connectivity index (χ4n) is 2.17. The van der Waals surface area contributed by atoms with Crippen molar-refractivity contribution in [3.05, 3.63) is 35.9 Å². The Morgan fingerprint density at radius 1 is 1.00 bits per heavy atom. The zero-order chi connectivity index (χ0) is 15.4. The van der Waals surface area contributed by atoms with Crippen molar-refractivity contribution in [3.8, 4) is 28.4 Å². The van der Waals surface area contributed by atoms with Crippen LogP contribution < -0.4 is 19.9 Å². The minimum Gasteiger partial charge on any atom is -0.497 e. The van der Waals surface area contributed by atoms with E-state index in [0.29, 0.717) is 28.5 Å². The summed E-state index contributed by atoms with van der Waals surface area (Å²) in [6.45, 7) is 0. The lowest BCUT2D eigenvalue weighted by Gasteiger charge is -2.14. The molecule has 2 rings (SSSR count). The predicted molar refractivity (Wildman–Crippen MR) is 81.3 cm³/mol. The van der Waals surface area contributed by atoms with Crippen molar-refractivity contribution in [2.75, 3.05) is 27.1 Å². The molecule has 0 saturated carbocycles. The molecule has 5 heteroatoms. The molecule has 0 aliphatic carbocycles. The van der Waals surface area contributed by atoms with Crippen LogP contribution in [0.5, 0.6) is 17.2 Å². The van der Waals surface area contributed by atoms with Gasteiger partial charge in [-0.2, -0.15) is 0 Å². The Labute approximate surface area is 123 Å². The van der Waals surface area contributed by atoms with Gasteiger partial charge in [-0.15, -0.1) is 0 Å². The lowest BCUT2D eigenvalue weighted by atomic mass is 10.0. The van der Waals surface area contributed by atoms with Crippen molar-refractivity contribution in [1.29, 1.82) is 0 Å². The van der Waals surface area contributed by atoms with E-state index in [1.165, 1.54) is 14.2 Å². The molecular weight excluding hydrogens is 270 g/mol. The molecule has 110 valence electrons. The van der Waals surface area contributed by atoms with E-state index in [4.69, 9.17) is 19.9 Å². The second-order valence-electron chi connectivity index (χ2n) is 4.37. The van der Waals surface area contributed by atoms with Gasteiger partial charge in [0, 0.05) is 17.3 Å². The average Bonchev–Trinajstić information content (AvgIpc) is 2.53. The van der Waals surface area contributed by atoms with Crippen molar-refractivity contribution >= 4 is 12.0 Å². The SMILES string of the molecule is COc1ccc(-c2cc(C=O)c(OC)c(OC)c2)c(N)c1. The van der Waals surface area contributed by atoms with Gasteiger partial charge in [-0.25, -0.2) is 0 Å². The Morgan fingerprint density at radius 3 is 2.29 bits per heavy atom. The molecule has 2 aromatic carbocycles. The molecule has 0 aliphatic rings. The van der Waals surface area contributed by atoms with Gasteiger partial charge in [-0.3, -0.25) is 4.79 Å². The molecule has 0 spiro atoms. The standard InChI is InChI=1S/C16H17NO4/c1-19-12-4-5-13(14(17)8-12)10-6-11(9-18)16(21-3)15(7-10)20-2/h4-9H,17H2,1-3H3. The van der Waals surface area contributed by atoms with Gasteiger partial charge in [0.05, 0.1) is 26.9 Å². The van der Waals surface area contributed by atoms with E-state index in [1.54, 1.807) is 25.3 Å². The normalized spacial score (nSPS) is 10.0. The summed E-state index contributed by atoms with van der Waals surface area (Å²) >= 11 is 0. The van der Waals surface area contributed by atoms with Gasteiger partial charge < -0.3 is 19.9 Å². The van der Waals surface area contributed by atoms with E-state index in [1.807, 2.05) is 12.1 Å². The minimum atomic E-state index is 0.405. The lowest BCUT2D eigenvalue weighted by Crippen LogP contribution is -1.98. The molecule has 21 heavy (non-hydrogen) atoms. The van der Waals surface area contributed by atoms with Crippen LogP contribution in [0.1, 0.15) is 10.4 Å². The van der Waals surface area contributed by atoms with Crippen molar-refractivity contribution in [1.82, 2.24) is 0 Å². The van der Waals surface area contributed by atoms with Crippen LogP contribution in [0.25, 0.3) is 11.1 Å².